The first-order valence-corrected chi connectivity index (χ1v) is 6.18. The van der Waals surface area contributed by atoms with E-state index in [4.69, 9.17) is 21.6 Å². The summed E-state index contributed by atoms with van der Waals surface area (Å²) in [7, 11) is -1.84. The number of hydrogen-bond donors (Lipinski definition) is 3. The zero-order valence-electron chi connectivity index (χ0n) is 10.5. The summed E-state index contributed by atoms with van der Waals surface area (Å²) in [5.74, 6) is -2.37. The number of anilines is 1. The van der Waals surface area contributed by atoms with Gasteiger partial charge in [-0.3, -0.25) is 4.79 Å². The maximum absolute atomic E-state index is 13.4. The van der Waals surface area contributed by atoms with E-state index in [-0.39, 0.29) is 21.7 Å². The predicted molar refractivity (Wildman–Crippen MR) is 75.6 cm³/mol. The SMILES string of the molecule is O=C(Nc1ccc(F)cc1F)c1ccc(Cl)c(B(O)O)c1. The van der Waals surface area contributed by atoms with E-state index in [1.165, 1.54) is 18.2 Å². The average molecular weight is 311 g/mol. The van der Waals surface area contributed by atoms with Crippen molar-refractivity contribution in [3.8, 4) is 0 Å². The van der Waals surface area contributed by atoms with Crippen molar-refractivity contribution in [1.82, 2.24) is 0 Å². The summed E-state index contributed by atoms with van der Waals surface area (Å²) in [6.07, 6.45) is 0. The van der Waals surface area contributed by atoms with Crippen molar-refractivity contribution < 1.29 is 23.6 Å². The van der Waals surface area contributed by atoms with Crippen LogP contribution in [0.2, 0.25) is 5.02 Å². The minimum absolute atomic E-state index is 0.0474. The maximum Gasteiger partial charge on any atom is 0.489 e. The average Bonchev–Trinajstić information content (AvgIpc) is 2.42. The molecule has 0 aliphatic rings. The number of hydrogen-bond acceptors (Lipinski definition) is 3. The highest BCUT2D eigenvalue weighted by Crippen LogP contribution is 2.16. The van der Waals surface area contributed by atoms with Gasteiger partial charge in [-0.1, -0.05) is 11.6 Å². The van der Waals surface area contributed by atoms with Gasteiger partial charge in [0.2, 0.25) is 0 Å². The van der Waals surface area contributed by atoms with Crippen LogP contribution in [0.25, 0.3) is 0 Å². The van der Waals surface area contributed by atoms with Crippen LogP contribution >= 0.6 is 11.6 Å². The van der Waals surface area contributed by atoms with Crippen LogP contribution in [0, 0.1) is 11.6 Å². The Balaban J connectivity index is 2.26. The normalized spacial score (nSPS) is 10.3. The molecule has 0 heterocycles. The first kappa shape index (κ1) is 15.4. The van der Waals surface area contributed by atoms with Crippen LogP contribution in [-0.4, -0.2) is 23.1 Å². The molecular weight excluding hydrogens is 302 g/mol. The minimum Gasteiger partial charge on any atom is -0.423 e. The molecule has 0 saturated heterocycles. The lowest BCUT2D eigenvalue weighted by molar-refractivity contribution is 0.102. The predicted octanol–water partition coefficient (Wildman–Crippen LogP) is 1.55. The highest BCUT2D eigenvalue weighted by molar-refractivity contribution is 6.62. The number of nitrogens with one attached hydrogen (secondary N) is 1. The van der Waals surface area contributed by atoms with Crippen molar-refractivity contribution in [3.05, 3.63) is 58.6 Å². The molecule has 0 atom stereocenters. The van der Waals surface area contributed by atoms with Gasteiger partial charge in [-0.05, 0) is 30.3 Å². The zero-order chi connectivity index (χ0) is 15.6. The van der Waals surface area contributed by atoms with Crippen molar-refractivity contribution in [2.24, 2.45) is 0 Å². The van der Waals surface area contributed by atoms with E-state index in [1.807, 2.05) is 0 Å². The van der Waals surface area contributed by atoms with Gasteiger partial charge in [-0.25, -0.2) is 8.78 Å². The van der Waals surface area contributed by atoms with Crippen LogP contribution < -0.4 is 10.8 Å². The quantitative estimate of drug-likeness (QED) is 0.753. The molecule has 0 saturated carbocycles. The molecule has 0 spiro atoms. The summed E-state index contributed by atoms with van der Waals surface area (Å²) in [4.78, 5) is 12.0. The van der Waals surface area contributed by atoms with Gasteiger partial charge >= 0.3 is 7.12 Å². The third kappa shape index (κ3) is 3.58. The van der Waals surface area contributed by atoms with Crippen molar-refractivity contribution in [2.45, 2.75) is 0 Å². The van der Waals surface area contributed by atoms with Gasteiger partial charge < -0.3 is 15.4 Å². The first-order valence-electron chi connectivity index (χ1n) is 5.80. The van der Waals surface area contributed by atoms with Crippen molar-refractivity contribution >= 4 is 35.8 Å². The minimum atomic E-state index is -1.84. The van der Waals surface area contributed by atoms with Crippen molar-refractivity contribution in [3.63, 3.8) is 0 Å². The molecule has 0 fully saturated rings. The Morgan fingerprint density at radius 3 is 2.48 bits per heavy atom. The fourth-order valence-electron chi connectivity index (χ4n) is 1.67. The molecule has 0 aliphatic carbocycles. The Kier molecular flexibility index (Phi) is 4.57. The lowest BCUT2D eigenvalue weighted by Gasteiger charge is -2.09. The topological polar surface area (TPSA) is 69.6 Å². The fourth-order valence-corrected chi connectivity index (χ4v) is 1.88. The molecule has 4 nitrogen and oxygen atoms in total. The van der Waals surface area contributed by atoms with Gasteiger partial charge in [-0.2, -0.15) is 0 Å². The number of rotatable bonds is 3. The van der Waals surface area contributed by atoms with Gasteiger partial charge in [0.05, 0.1) is 5.69 Å². The fraction of sp³-hybridized carbons (Fsp3) is 0. The molecular formula is C13H9BClF2NO3. The second-order valence-electron chi connectivity index (χ2n) is 4.19. The summed E-state index contributed by atoms with van der Waals surface area (Å²) in [6.45, 7) is 0. The van der Waals surface area contributed by atoms with Gasteiger partial charge in [0.15, 0.2) is 0 Å². The lowest BCUT2D eigenvalue weighted by atomic mass is 9.79. The van der Waals surface area contributed by atoms with E-state index >= 15 is 0 Å². The number of amides is 1. The van der Waals surface area contributed by atoms with E-state index in [2.05, 4.69) is 5.32 Å². The second kappa shape index (κ2) is 6.21. The van der Waals surface area contributed by atoms with Crippen LogP contribution in [-0.2, 0) is 0 Å². The largest absolute Gasteiger partial charge is 0.489 e. The summed E-state index contributed by atoms with van der Waals surface area (Å²) >= 11 is 5.75. The van der Waals surface area contributed by atoms with E-state index in [9.17, 15) is 13.6 Å². The van der Waals surface area contributed by atoms with Crippen LogP contribution in [0.4, 0.5) is 14.5 Å². The van der Waals surface area contributed by atoms with Crippen molar-refractivity contribution in [1.29, 1.82) is 0 Å². The summed E-state index contributed by atoms with van der Waals surface area (Å²) in [5.41, 5.74) is -0.197. The molecule has 2 aromatic carbocycles. The van der Waals surface area contributed by atoms with E-state index < -0.39 is 24.7 Å². The molecule has 3 N–H and O–H groups in total. The van der Waals surface area contributed by atoms with Gasteiger partial charge in [0, 0.05) is 22.1 Å². The number of carbonyl (C=O) groups excluding carboxylic acids is 1. The Morgan fingerprint density at radius 1 is 1.14 bits per heavy atom. The van der Waals surface area contributed by atoms with E-state index in [0.717, 1.165) is 12.1 Å². The van der Waals surface area contributed by atoms with Crippen LogP contribution in [0.15, 0.2) is 36.4 Å². The second-order valence-corrected chi connectivity index (χ2v) is 4.60. The number of carbonyl (C=O) groups is 1. The van der Waals surface area contributed by atoms with Crippen molar-refractivity contribution in [2.75, 3.05) is 5.32 Å². The van der Waals surface area contributed by atoms with Gasteiger partial charge in [0.25, 0.3) is 5.91 Å². The molecule has 0 bridgehead atoms. The van der Waals surface area contributed by atoms with Crippen LogP contribution in [0.5, 0.6) is 0 Å². The highest BCUT2D eigenvalue weighted by atomic mass is 35.5. The Labute approximate surface area is 124 Å². The maximum atomic E-state index is 13.4. The molecule has 108 valence electrons. The third-order valence-electron chi connectivity index (χ3n) is 2.72. The molecule has 2 aromatic rings. The molecule has 8 heteroatoms. The molecule has 2 rings (SSSR count). The highest BCUT2D eigenvalue weighted by Gasteiger charge is 2.18. The number of benzene rings is 2. The van der Waals surface area contributed by atoms with E-state index in [1.54, 1.807) is 0 Å². The molecule has 1 amide bonds. The van der Waals surface area contributed by atoms with Crippen LogP contribution in [0.1, 0.15) is 10.4 Å². The summed E-state index contributed by atoms with van der Waals surface area (Å²) in [5, 5.41) is 20.6. The lowest BCUT2D eigenvalue weighted by Crippen LogP contribution is -2.32. The molecule has 21 heavy (non-hydrogen) atoms. The summed E-state index contributed by atoms with van der Waals surface area (Å²) in [6, 6.07) is 6.55. The molecule has 0 radical (unpaired) electrons. The Hall–Kier alpha value is -1.96. The standard InChI is InChI=1S/C13H9BClF2NO3/c15-10-3-1-7(5-9(10)14(20)21)13(19)18-12-4-2-8(16)6-11(12)17/h1-6,20-21H,(H,18,19). The third-order valence-corrected chi connectivity index (χ3v) is 3.06. The van der Waals surface area contributed by atoms with Crippen LogP contribution in [0.3, 0.4) is 0 Å². The molecule has 0 unspecified atom stereocenters. The Bertz CT molecular complexity index is 697. The number of halogens is 3. The first-order chi connectivity index (χ1) is 9.88. The smallest absolute Gasteiger partial charge is 0.423 e. The molecule has 0 aromatic heterocycles. The molecule has 0 aliphatic heterocycles. The van der Waals surface area contributed by atoms with E-state index in [0.29, 0.717) is 6.07 Å². The van der Waals surface area contributed by atoms with Gasteiger partial charge in [0.1, 0.15) is 11.6 Å². The monoisotopic (exact) mass is 311 g/mol. The zero-order valence-corrected chi connectivity index (χ0v) is 11.2. The Morgan fingerprint density at radius 2 is 1.86 bits per heavy atom. The van der Waals surface area contributed by atoms with Gasteiger partial charge in [-0.15, -0.1) is 0 Å². The summed E-state index contributed by atoms with van der Waals surface area (Å²) < 4.78 is 26.2.